The summed E-state index contributed by atoms with van der Waals surface area (Å²) in [4.78, 5) is 0. The third kappa shape index (κ3) is 4.21. The summed E-state index contributed by atoms with van der Waals surface area (Å²) in [6.07, 6.45) is 11.8. The van der Waals surface area contributed by atoms with Gasteiger partial charge in [-0.15, -0.1) is 0 Å². The lowest BCUT2D eigenvalue weighted by Gasteiger charge is -2.30. The Morgan fingerprint density at radius 3 is 2.63 bits per heavy atom. The van der Waals surface area contributed by atoms with Gasteiger partial charge in [-0.1, -0.05) is 52.9 Å². The van der Waals surface area contributed by atoms with Crippen LogP contribution >= 0.6 is 0 Å². The average Bonchev–Trinajstić information content (AvgIpc) is 2.94. The monoisotopic (exact) mass is 266 g/mol. The highest BCUT2D eigenvalue weighted by Crippen LogP contribution is 2.38. The minimum absolute atomic E-state index is 0.937. The van der Waals surface area contributed by atoms with Crippen LogP contribution < -0.4 is 0 Å². The minimum Gasteiger partial charge on any atom is -0.314 e. The summed E-state index contributed by atoms with van der Waals surface area (Å²) in [6.45, 7) is 10.3. The highest BCUT2D eigenvalue weighted by molar-refractivity contribution is 4.77. The number of nitrogens with zero attached hydrogens (tertiary/aromatic N) is 1. The van der Waals surface area contributed by atoms with E-state index in [2.05, 4.69) is 27.8 Å². The van der Waals surface area contributed by atoms with Gasteiger partial charge < -0.3 is 4.48 Å². The van der Waals surface area contributed by atoms with Crippen LogP contribution in [-0.2, 0) is 0 Å². The first-order chi connectivity index (χ1) is 9.05. The van der Waals surface area contributed by atoms with Gasteiger partial charge in [0.1, 0.15) is 12.6 Å². The standard InChI is InChI=1S/C18H36N/c1-5-9-18-14-19(18,4)13-16(3)17-11-8-6-7-10-15(2)12-17/h15-18H,5-14H2,1-4H3/q+1. The molecule has 5 unspecified atom stereocenters. The van der Waals surface area contributed by atoms with Crippen LogP contribution in [0.5, 0.6) is 0 Å². The normalized spacial score (nSPS) is 41.4. The van der Waals surface area contributed by atoms with Gasteiger partial charge in [0, 0.05) is 12.3 Å². The lowest BCUT2D eigenvalue weighted by atomic mass is 9.78. The number of quaternary nitrogens is 1. The van der Waals surface area contributed by atoms with Gasteiger partial charge >= 0.3 is 0 Å². The summed E-state index contributed by atoms with van der Waals surface area (Å²) in [5.41, 5.74) is 0. The quantitative estimate of drug-likeness (QED) is 0.492. The van der Waals surface area contributed by atoms with E-state index in [1.807, 2.05) is 0 Å². The van der Waals surface area contributed by atoms with Gasteiger partial charge in [-0.05, 0) is 24.7 Å². The van der Waals surface area contributed by atoms with Crippen molar-refractivity contribution in [3.63, 3.8) is 0 Å². The Labute approximate surface area is 121 Å². The van der Waals surface area contributed by atoms with E-state index in [0.717, 1.165) is 23.8 Å². The van der Waals surface area contributed by atoms with Crippen molar-refractivity contribution in [1.82, 2.24) is 0 Å². The molecule has 2 rings (SSSR count). The van der Waals surface area contributed by atoms with E-state index in [1.165, 1.54) is 68.9 Å². The number of rotatable bonds is 5. The fourth-order valence-electron chi connectivity index (χ4n) is 4.55. The van der Waals surface area contributed by atoms with Gasteiger partial charge in [0.15, 0.2) is 0 Å². The smallest absolute Gasteiger partial charge is 0.139 e. The van der Waals surface area contributed by atoms with Crippen LogP contribution in [0.3, 0.4) is 0 Å². The molecule has 0 aromatic heterocycles. The summed E-state index contributed by atoms with van der Waals surface area (Å²) < 4.78 is 1.39. The van der Waals surface area contributed by atoms with E-state index in [-0.39, 0.29) is 0 Å². The Morgan fingerprint density at radius 2 is 1.89 bits per heavy atom. The van der Waals surface area contributed by atoms with Crippen LogP contribution in [0.4, 0.5) is 0 Å². The van der Waals surface area contributed by atoms with Crippen molar-refractivity contribution in [3.05, 3.63) is 0 Å². The highest BCUT2D eigenvalue weighted by atomic mass is 15.5. The zero-order valence-electron chi connectivity index (χ0n) is 13.8. The Morgan fingerprint density at radius 1 is 1.16 bits per heavy atom. The predicted octanol–water partition coefficient (Wildman–Crippen LogP) is 4.86. The maximum atomic E-state index is 2.55. The molecule has 0 radical (unpaired) electrons. The summed E-state index contributed by atoms with van der Waals surface area (Å²) >= 11 is 0. The molecule has 1 saturated heterocycles. The SMILES string of the molecule is CCCC1C[N+]1(C)CC(C)C1CCCCCC(C)C1. The summed E-state index contributed by atoms with van der Waals surface area (Å²) in [5, 5.41) is 0. The third-order valence-corrected chi connectivity index (χ3v) is 5.98. The van der Waals surface area contributed by atoms with Crippen molar-refractivity contribution in [2.45, 2.75) is 78.2 Å². The molecule has 5 atom stereocenters. The van der Waals surface area contributed by atoms with E-state index in [0.29, 0.717) is 0 Å². The van der Waals surface area contributed by atoms with Crippen molar-refractivity contribution < 1.29 is 4.48 Å². The molecule has 2 fully saturated rings. The third-order valence-electron chi connectivity index (χ3n) is 5.98. The van der Waals surface area contributed by atoms with Crippen LogP contribution in [-0.4, -0.2) is 30.7 Å². The van der Waals surface area contributed by atoms with Crippen molar-refractivity contribution in [2.75, 3.05) is 20.1 Å². The fourth-order valence-corrected chi connectivity index (χ4v) is 4.55. The minimum atomic E-state index is 0.937. The summed E-state index contributed by atoms with van der Waals surface area (Å²) in [6, 6.07) is 0.999. The molecule has 0 aromatic carbocycles. The molecule has 0 amide bonds. The Bertz CT molecular complexity index is 275. The molecule has 1 heteroatoms. The Hall–Kier alpha value is -0.0400. The second kappa shape index (κ2) is 6.61. The molecule has 2 aliphatic rings. The maximum Gasteiger partial charge on any atom is 0.139 e. The molecule has 1 heterocycles. The van der Waals surface area contributed by atoms with Crippen LogP contribution in [0.2, 0.25) is 0 Å². The molecular formula is C18H36N+. The van der Waals surface area contributed by atoms with Crippen LogP contribution in [0.25, 0.3) is 0 Å². The Balaban J connectivity index is 1.82. The average molecular weight is 266 g/mol. The molecule has 112 valence electrons. The van der Waals surface area contributed by atoms with Gasteiger partial charge in [0.2, 0.25) is 0 Å². The van der Waals surface area contributed by atoms with Crippen LogP contribution in [0.1, 0.15) is 72.1 Å². The van der Waals surface area contributed by atoms with Crippen LogP contribution in [0, 0.1) is 17.8 Å². The zero-order chi connectivity index (χ0) is 13.9. The van der Waals surface area contributed by atoms with Gasteiger partial charge in [0.05, 0.1) is 13.6 Å². The first-order valence-electron chi connectivity index (χ1n) is 8.89. The Kier molecular flexibility index (Phi) is 5.34. The molecule has 0 N–H and O–H groups in total. The van der Waals surface area contributed by atoms with Crippen molar-refractivity contribution in [2.24, 2.45) is 17.8 Å². The van der Waals surface area contributed by atoms with Gasteiger partial charge in [-0.25, -0.2) is 0 Å². The van der Waals surface area contributed by atoms with Crippen molar-refractivity contribution in [1.29, 1.82) is 0 Å². The number of hydrogen-bond acceptors (Lipinski definition) is 0. The van der Waals surface area contributed by atoms with E-state index in [9.17, 15) is 0 Å². The molecule has 1 aliphatic heterocycles. The lowest BCUT2D eigenvalue weighted by Crippen LogP contribution is -2.33. The lowest BCUT2D eigenvalue weighted by molar-refractivity contribution is -0.797. The molecule has 0 spiro atoms. The number of hydrogen-bond donors (Lipinski definition) is 0. The van der Waals surface area contributed by atoms with Gasteiger partial charge in [-0.2, -0.15) is 0 Å². The molecule has 19 heavy (non-hydrogen) atoms. The van der Waals surface area contributed by atoms with E-state index >= 15 is 0 Å². The van der Waals surface area contributed by atoms with Gasteiger partial charge in [0.25, 0.3) is 0 Å². The first kappa shape index (κ1) is 15.4. The molecule has 1 nitrogen and oxygen atoms in total. The fraction of sp³-hybridized carbons (Fsp3) is 1.00. The van der Waals surface area contributed by atoms with Gasteiger partial charge in [-0.3, -0.25) is 0 Å². The topological polar surface area (TPSA) is 0 Å². The molecule has 1 saturated carbocycles. The maximum absolute atomic E-state index is 2.55. The summed E-state index contributed by atoms with van der Waals surface area (Å²) in [5.74, 6) is 2.92. The predicted molar refractivity (Wildman–Crippen MR) is 84.1 cm³/mol. The molecule has 0 bridgehead atoms. The molecular weight excluding hydrogens is 230 g/mol. The first-order valence-corrected chi connectivity index (χ1v) is 8.89. The van der Waals surface area contributed by atoms with E-state index in [4.69, 9.17) is 0 Å². The molecule has 1 aliphatic carbocycles. The summed E-state index contributed by atoms with van der Waals surface area (Å²) in [7, 11) is 2.50. The van der Waals surface area contributed by atoms with Crippen LogP contribution in [0.15, 0.2) is 0 Å². The van der Waals surface area contributed by atoms with Crippen molar-refractivity contribution >= 4 is 0 Å². The number of likely N-dealkylation sites (N-methyl/N-ethyl adjacent to an activating group) is 1. The highest BCUT2D eigenvalue weighted by Gasteiger charge is 2.51. The zero-order valence-corrected chi connectivity index (χ0v) is 13.8. The van der Waals surface area contributed by atoms with E-state index < -0.39 is 0 Å². The van der Waals surface area contributed by atoms with Crippen molar-refractivity contribution in [3.8, 4) is 0 Å². The molecule has 0 aromatic rings. The largest absolute Gasteiger partial charge is 0.314 e. The second-order valence-electron chi connectivity index (χ2n) is 8.00. The van der Waals surface area contributed by atoms with E-state index in [1.54, 1.807) is 0 Å². The second-order valence-corrected chi connectivity index (χ2v) is 8.00.